The Balaban J connectivity index is 2.78. The zero-order chi connectivity index (χ0) is 14.5. The van der Waals surface area contributed by atoms with E-state index in [4.69, 9.17) is 5.73 Å². The Morgan fingerprint density at radius 2 is 1.84 bits per heavy atom. The van der Waals surface area contributed by atoms with Crippen molar-refractivity contribution in [1.29, 1.82) is 0 Å². The number of nitrogens with one attached hydrogen (secondary N) is 1. The van der Waals surface area contributed by atoms with Crippen molar-refractivity contribution in [2.75, 3.05) is 6.54 Å². The maximum atomic E-state index is 12.9. The second-order valence-electron chi connectivity index (χ2n) is 4.94. The van der Waals surface area contributed by atoms with Crippen LogP contribution in [-0.4, -0.2) is 12.5 Å². The molecule has 1 amide bonds. The molecule has 3 N–H and O–H groups in total. The molecule has 1 rings (SSSR count). The molecule has 1 atom stereocenters. The lowest BCUT2D eigenvalue weighted by Crippen LogP contribution is -2.46. The molecule has 1 unspecified atom stereocenters. The number of rotatable bonds is 6. The molecule has 1 aromatic carbocycles. The lowest BCUT2D eigenvalue weighted by molar-refractivity contribution is -0.131. The molecular formula is C15H23FN2O. The third-order valence-corrected chi connectivity index (χ3v) is 3.94. The molecule has 0 aliphatic rings. The summed E-state index contributed by atoms with van der Waals surface area (Å²) in [6.45, 7) is 6.16. The highest BCUT2D eigenvalue weighted by Gasteiger charge is 2.33. The number of benzene rings is 1. The zero-order valence-corrected chi connectivity index (χ0v) is 11.9. The Labute approximate surface area is 114 Å². The monoisotopic (exact) mass is 266 g/mol. The third kappa shape index (κ3) is 3.53. The molecule has 0 saturated heterocycles. The minimum absolute atomic E-state index is 0.0307. The smallest absolute Gasteiger partial charge is 0.227 e. The van der Waals surface area contributed by atoms with Gasteiger partial charge in [0.05, 0.1) is 11.5 Å². The molecule has 4 heteroatoms. The van der Waals surface area contributed by atoms with Crippen molar-refractivity contribution < 1.29 is 9.18 Å². The number of amides is 1. The average Bonchev–Trinajstić information content (AvgIpc) is 2.42. The van der Waals surface area contributed by atoms with Gasteiger partial charge >= 0.3 is 0 Å². The highest BCUT2D eigenvalue weighted by molar-refractivity contribution is 5.83. The van der Waals surface area contributed by atoms with E-state index in [0.717, 1.165) is 5.56 Å². The predicted molar refractivity (Wildman–Crippen MR) is 75.0 cm³/mol. The SMILES string of the molecule is CCC(CC)(CN)C(=O)NC(C)c1ccc(F)cc1. The van der Waals surface area contributed by atoms with Crippen LogP contribution in [-0.2, 0) is 4.79 Å². The first-order valence-corrected chi connectivity index (χ1v) is 6.75. The summed E-state index contributed by atoms with van der Waals surface area (Å²) in [5.41, 5.74) is 6.13. The summed E-state index contributed by atoms with van der Waals surface area (Å²) in [6, 6.07) is 6.00. The van der Waals surface area contributed by atoms with E-state index in [-0.39, 0.29) is 17.8 Å². The summed E-state index contributed by atoms with van der Waals surface area (Å²) in [6.07, 6.45) is 1.42. The molecular weight excluding hydrogens is 243 g/mol. The van der Waals surface area contributed by atoms with Crippen LogP contribution in [0.2, 0.25) is 0 Å². The van der Waals surface area contributed by atoms with Gasteiger partial charge in [-0.3, -0.25) is 4.79 Å². The van der Waals surface area contributed by atoms with Gasteiger partial charge in [-0.15, -0.1) is 0 Å². The maximum Gasteiger partial charge on any atom is 0.227 e. The van der Waals surface area contributed by atoms with Gasteiger partial charge in [-0.2, -0.15) is 0 Å². The molecule has 0 heterocycles. The van der Waals surface area contributed by atoms with Crippen LogP contribution in [0.25, 0.3) is 0 Å². The van der Waals surface area contributed by atoms with E-state index in [1.165, 1.54) is 12.1 Å². The summed E-state index contributed by atoms with van der Waals surface area (Å²) in [7, 11) is 0. The summed E-state index contributed by atoms with van der Waals surface area (Å²) >= 11 is 0. The molecule has 19 heavy (non-hydrogen) atoms. The first-order valence-electron chi connectivity index (χ1n) is 6.75. The minimum atomic E-state index is -0.506. The predicted octanol–water partition coefficient (Wildman–Crippen LogP) is 2.77. The Morgan fingerprint density at radius 3 is 2.26 bits per heavy atom. The van der Waals surface area contributed by atoms with Crippen molar-refractivity contribution in [2.24, 2.45) is 11.1 Å². The van der Waals surface area contributed by atoms with E-state index in [2.05, 4.69) is 5.32 Å². The zero-order valence-electron chi connectivity index (χ0n) is 11.9. The Bertz CT molecular complexity index is 404. The lowest BCUT2D eigenvalue weighted by atomic mass is 9.81. The average molecular weight is 266 g/mol. The van der Waals surface area contributed by atoms with Crippen LogP contribution in [0.5, 0.6) is 0 Å². The van der Waals surface area contributed by atoms with Crippen LogP contribution in [0.3, 0.4) is 0 Å². The highest BCUT2D eigenvalue weighted by atomic mass is 19.1. The molecule has 1 aromatic rings. The van der Waals surface area contributed by atoms with Crippen LogP contribution >= 0.6 is 0 Å². The van der Waals surface area contributed by atoms with Crippen molar-refractivity contribution in [3.8, 4) is 0 Å². The fourth-order valence-corrected chi connectivity index (χ4v) is 2.14. The van der Waals surface area contributed by atoms with Crippen molar-refractivity contribution in [3.05, 3.63) is 35.6 Å². The number of hydrogen-bond donors (Lipinski definition) is 2. The second kappa shape index (κ2) is 6.66. The van der Waals surface area contributed by atoms with Crippen molar-refractivity contribution in [1.82, 2.24) is 5.32 Å². The summed E-state index contributed by atoms with van der Waals surface area (Å²) in [5.74, 6) is -0.308. The highest BCUT2D eigenvalue weighted by Crippen LogP contribution is 2.26. The fraction of sp³-hybridized carbons (Fsp3) is 0.533. The summed E-state index contributed by atoms with van der Waals surface area (Å²) < 4.78 is 12.9. The summed E-state index contributed by atoms with van der Waals surface area (Å²) in [4.78, 5) is 12.3. The van der Waals surface area contributed by atoms with Crippen LogP contribution in [0, 0.1) is 11.2 Å². The second-order valence-corrected chi connectivity index (χ2v) is 4.94. The van der Waals surface area contributed by atoms with E-state index < -0.39 is 5.41 Å². The quantitative estimate of drug-likeness (QED) is 0.832. The Morgan fingerprint density at radius 1 is 1.32 bits per heavy atom. The third-order valence-electron chi connectivity index (χ3n) is 3.94. The normalized spacial score (nSPS) is 13.1. The molecule has 0 aliphatic carbocycles. The van der Waals surface area contributed by atoms with Gasteiger partial charge in [0.2, 0.25) is 5.91 Å². The molecule has 0 bridgehead atoms. The number of nitrogens with two attached hydrogens (primary N) is 1. The topological polar surface area (TPSA) is 55.1 Å². The largest absolute Gasteiger partial charge is 0.349 e. The van der Waals surface area contributed by atoms with Gasteiger partial charge < -0.3 is 11.1 Å². The van der Waals surface area contributed by atoms with Crippen molar-refractivity contribution in [2.45, 2.75) is 39.7 Å². The molecule has 106 valence electrons. The maximum absolute atomic E-state index is 12.9. The van der Waals surface area contributed by atoms with Crippen LogP contribution in [0.4, 0.5) is 4.39 Å². The molecule has 0 fully saturated rings. The van der Waals surface area contributed by atoms with Crippen LogP contribution in [0.15, 0.2) is 24.3 Å². The molecule has 0 saturated carbocycles. The van der Waals surface area contributed by atoms with Crippen LogP contribution < -0.4 is 11.1 Å². The standard InChI is InChI=1S/C15H23FN2O/c1-4-15(5-2,10-17)14(19)18-11(3)12-6-8-13(16)9-7-12/h6-9,11H,4-5,10,17H2,1-3H3,(H,18,19). The van der Waals surface area contributed by atoms with Crippen molar-refractivity contribution >= 4 is 5.91 Å². The number of hydrogen-bond acceptors (Lipinski definition) is 2. The van der Waals surface area contributed by atoms with E-state index in [1.54, 1.807) is 12.1 Å². The van der Waals surface area contributed by atoms with Gasteiger partial charge in [-0.25, -0.2) is 4.39 Å². The van der Waals surface area contributed by atoms with E-state index in [9.17, 15) is 9.18 Å². The van der Waals surface area contributed by atoms with Crippen molar-refractivity contribution in [3.63, 3.8) is 0 Å². The van der Waals surface area contributed by atoms with Gasteiger partial charge in [0, 0.05) is 6.54 Å². The van der Waals surface area contributed by atoms with Gasteiger partial charge in [-0.05, 0) is 37.5 Å². The van der Waals surface area contributed by atoms with Gasteiger partial charge in [0.25, 0.3) is 0 Å². The molecule has 0 aliphatic heterocycles. The molecule has 0 spiro atoms. The minimum Gasteiger partial charge on any atom is -0.349 e. The fourth-order valence-electron chi connectivity index (χ4n) is 2.14. The molecule has 3 nitrogen and oxygen atoms in total. The first-order chi connectivity index (χ1) is 8.99. The Hall–Kier alpha value is -1.42. The van der Waals surface area contributed by atoms with Gasteiger partial charge in [-0.1, -0.05) is 26.0 Å². The van der Waals surface area contributed by atoms with E-state index >= 15 is 0 Å². The molecule has 0 radical (unpaired) electrons. The first kappa shape index (κ1) is 15.6. The van der Waals surface area contributed by atoms with E-state index in [0.29, 0.717) is 19.4 Å². The summed E-state index contributed by atoms with van der Waals surface area (Å²) in [5, 5.41) is 2.97. The van der Waals surface area contributed by atoms with E-state index in [1.807, 2.05) is 20.8 Å². The number of carbonyl (C=O) groups excluding carboxylic acids is 1. The number of carbonyl (C=O) groups is 1. The van der Waals surface area contributed by atoms with Gasteiger partial charge in [0.15, 0.2) is 0 Å². The van der Waals surface area contributed by atoms with Crippen LogP contribution in [0.1, 0.15) is 45.2 Å². The lowest BCUT2D eigenvalue weighted by Gasteiger charge is -2.30. The number of halogens is 1. The van der Waals surface area contributed by atoms with Gasteiger partial charge in [0.1, 0.15) is 5.82 Å². The Kier molecular flexibility index (Phi) is 5.48. The molecule has 0 aromatic heterocycles.